The predicted molar refractivity (Wildman–Crippen MR) is 141 cm³/mol. The molecule has 188 valence electrons. The highest BCUT2D eigenvalue weighted by Gasteiger charge is 2.32. The van der Waals surface area contributed by atoms with Gasteiger partial charge >= 0.3 is 5.97 Å². The van der Waals surface area contributed by atoms with E-state index in [4.69, 9.17) is 9.73 Å². The smallest absolute Gasteiger partial charge is 0.305 e. The lowest BCUT2D eigenvalue weighted by Gasteiger charge is -2.28. The number of hydrogen-bond donors (Lipinski definition) is 0. The molecule has 3 heterocycles. The third kappa shape index (κ3) is 5.12. The quantitative estimate of drug-likeness (QED) is 0.378. The number of esters is 1. The van der Waals surface area contributed by atoms with Gasteiger partial charge in [0.2, 0.25) is 0 Å². The van der Waals surface area contributed by atoms with E-state index in [0.29, 0.717) is 28.8 Å². The summed E-state index contributed by atoms with van der Waals surface area (Å²) < 4.78 is 22.8. The summed E-state index contributed by atoms with van der Waals surface area (Å²) in [5.74, 6) is -0.0362. The molecule has 7 nitrogen and oxygen atoms in total. The molecule has 36 heavy (non-hydrogen) atoms. The molecule has 2 aliphatic heterocycles. The molecule has 10 heteroatoms. The molecule has 1 saturated heterocycles. The van der Waals surface area contributed by atoms with Gasteiger partial charge in [-0.2, -0.15) is 0 Å². The molecular formula is C26H27BrFN5O2S. The molecule has 1 fully saturated rings. The van der Waals surface area contributed by atoms with Gasteiger partial charge in [0.15, 0.2) is 11.0 Å². The minimum absolute atomic E-state index is 0.166. The summed E-state index contributed by atoms with van der Waals surface area (Å²) in [6.07, 6.45) is 2.68. The zero-order valence-corrected chi connectivity index (χ0v) is 22.6. The number of carbonyl (C=O) groups excluding carboxylic acids is 1. The fourth-order valence-corrected chi connectivity index (χ4v) is 6.14. The maximum atomic E-state index is 15.1. The first-order valence-electron chi connectivity index (χ1n) is 11.9. The Morgan fingerprint density at radius 2 is 1.94 bits per heavy atom. The number of methoxy groups -OCH3 is 1. The topological polar surface area (TPSA) is 72.6 Å². The minimum Gasteiger partial charge on any atom is -0.469 e. The molecule has 0 unspecified atom stereocenters. The molecule has 0 radical (unpaired) electrons. The fourth-order valence-electron chi connectivity index (χ4n) is 4.65. The Labute approximate surface area is 222 Å². The van der Waals surface area contributed by atoms with Gasteiger partial charge in [0, 0.05) is 27.3 Å². The maximum Gasteiger partial charge on any atom is 0.305 e. The number of aliphatic imine (C=N–C) groups is 1. The number of fused-ring (bicyclic) bond motifs is 3. The minimum atomic E-state index is -0.496. The summed E-state index contributed by atoms with van der Waals surface area (Å²) in [6, 6.07) is 12.0. The van der Waals surface area contributed by atoms with Gasteiger partial charge in [-0.05, 0) is 69.7 Å². The van der Waals surface area contributed by atoms with Crippen molar-refractivity contribution in [3.05, 3.63) is 69.7 Å². The molecule has 5 rings (SSSR count). The second kappa shape index (κ2) is 10.8. The molecule has 0 spiro atoms. The van der Waals surface area contributed by atoms with Crippen LogP contribution in [-0.4, -0.2) is 63.8 Å². The Bertz CT molecular complexity index is 1310. The van der Waals surface area contributed by atoms with E-state index in [1.54, 1.807) is 30.0 Å². The number of ether oxygens (including phenoxy) is 1. The van der Waals surface area contributed by atoms with E-state index >= 15 is 4.39 Å². The van der Waals surface area contributed by atoms with Crippen molar-refractivity contribution >= 4 is 39.4 Å². The standard InChI is InChI=1S/C26H27BrFN5O2S/c1-32-13-11-17(12-14-32)36-26-31-30-25-21(8-10-23(34)35-2)29-24(18-5-3-4-6-20(18)28)19-15-16(27)7-9-22(19)33(25)26/h3-7,9,15,17,21H,8,10-14H2,1-2H3/t21-/m0/s1. The number of hydrogen-bond acceptors (Lipinski definition) is 7. The Morgan fingerprint density at radius 3 is 2.69 bits per heavy atom. The van der Waals surface area contributed by atoms with Crippen molar-refractivity contribution in [2.75, 3.05) is 27.2 Å². The highest BCUT2D eigenvalue weighted by molar-refractivity contribution is 9.10. The fraction of sp³-hybridized carbons (Fsp3) is 0.385. The van der Waals surface area contributed by atoms with Crippen molar-refractivity contribution in [1.82, 2.24) is 19.7 Å². The number of rotatable bonds is 6. The van der Waals surface area contributed by atoms with Crippen LogP contribution in [0.3, 0.4) is 0 Å². The molecule has 2 aromatic carbocycles. The first-order chi connectivity index (χ1) is 17.4. The van der Waals surface area contributed by atoms with E-state index in [2.05, 4.69) is 38.1 Å². The van der Waals surface area contributed by atoms with Crippen LogP contribution in [0, 0.1) is 5.82 Å². The highest BCUT2D eigenvalue weighted by Crippen LogP contribution is 2.38. The maximum absolute atomic E-state index is 15.1. The van der Waals surface area contributed by atoms with Crippen molar-refractivity contribution in [3.63, 3.8) is 0 Å². The summed E-state index contributed by atoms with van der Waals surface area (Å²) in [4.78, 5) is 19.4. The van der Waals surface area contributed by atoms with Gasteiger partial charge in [0.1, 0.15) is 11.9 Å². The zero-order valence-electron chi connectivity index (χ0n) is 20.2. The van der Waals surface area contributed by atoms with Gasteiger partial charge in [-0.25, -0.2) is 4.39 Å². The van der Waals surface area contributed by atoms with Crippen molar-refractivity contribution in [3.8, 4) is 5.69 Å². The van der Waals surface area contributed by atoms with Crippen molar-refractivity contribution in [2.45, 2.75) is 42.1 Å². The lowest BCUT2D eigenvalue weighted by Crippen LogP contribution is -2.31. The van der Waals surface area contributed by atoms with Crippen LogP contribution in [0.4, 0.5) is 4.39 Å². The molecule has 0 bridgehead atoms. The van der Waals surface area contributed by atoms with Crippen LogP contribution in [0.2, 0.25) is 0 Å². The number of aromatic nitrogens is 3. The molecule has 3 aromatic rings. The monoisotopic (exact) mass is 571 g/mol. The lowest BCUT2D eigenvalue weighted by atomic mass is 10.00. The van der Waals surface area contributed by atoms with Crippen molar-refractivity contribution in [1.29, 1.82) is 0 Å². The Balaban J connectivity index is 1.64. The van der Waals surface area contributed by atoms with Crippen molar-refractivity contribution < 1.29 is 13.9 Å². The van der Waals surface area contributed by atoms with Crippen LogP contribution in [0.15, 0.2) is 57.1 Å². The number of halogens is 2. The number of thioether (sulfide) groups is 1. The first-order valence-corrected chi connectivity index (χ1v) is 13.6. The van der Waals surface area contributed by atoms with Gasteiger partial charge in [-0.3, -0.25) is 14.4 Å². The molecule has 0 aliphatic carbocycles. The Kier molecular flexibility index (Phi) is 7.55. The van der Waals surface area contributed by atoms with Crippen LogP contribution in [0.5, 0.6) is 0 Å². The van der Waals surface area contributed by atoms with Crippen molar-refractivity contribution in [2.24, 2.45) is 4.99 Å². The van der Waals surface area contributed by atoms with Crippen LogP contribution in [-0.2, 0) is 9.53 Å². The summed E-state index contributed by atoms with van der Waals surface area (Å²) in [5, 5.41) is 10.4. The second-order valence-corrected chi connectivity index (χ2v) is 11.2. The molecule has 1 atom stereocenters. The summed E-state index contributed by atoms with van der Waals surface area (Å²) in [5.41, 5.74) is 2.56. The number of likely N-dealkylation sites (tertiary alicyclic amines) is 1. The van der Waals surface area contributed by atoms with Crippen LogP contribution >= 0.6 is 27.7 Å². The number of carbonyl (C=O) groups is 1. The van der Waals surface area contributed by atoms with E-state index in [1.807, 2.05) is 22.8 Å². The normalized spacial score (nSPS) is 18.2. The largest absolute Gasteiger partial charge is 0.469 e. The van der Waals surface area contributed by atoms with E-state index in [1.165, 1.54) is 13.2 Å². The van der Waals surface area contributed by atoms with Gasteiger partial charge in [-0.1, -0.05) is 39.8 Å². The number of benzene rings is 2. The summed E-state index contributed by atoms with van der Waals surface area (Å²) in [6.45, 7) is 2.09. The molecule has 0 amide bonds. The lowest BCUT2D eigenvalue weighted by molar-refractivity contribution is -0.140. The molecule has 0 N–H and O–H groups in total. The third-order valence-electron chi connectivity index (χ3n) is 6.61. The molecule has 2 aliphatic rings. The molecule has 0 saturated carbocycles. The van der Waals surface area contributed by atoms with Gasteiger partial charge in [0.05, 0.1) is 18.5 Å². The van der Waals surface area contributed by atoms with E-state index in [-0.39, 0.29) is 18.2 Å². The average molecular weight is 573 g/mol. The Hall–Kier alpha value is -2.56. The van der Waals surface area contributed by atoms with Crippen LogP contribution in [0.25, 0.3) is 5.69 Å². The Morgan fingerprint density at radius 1 is 1.17 bits per heavy atom. The van der Waals surface area contributed by atoms with E-state index in [9.17, 15) is 4.79 Å². The number of nitrogens with zero attached hydrogens (tertiary/aromatic N) is 5. The predicted octanol–water partition coefficient (Wildman–Crippen LogP) is 5.20. The highest BCUT2D eigenvalue weighted by atomic mass is 79.9. The second-order valence-electron chi connectivity index (χ2n) is 9.05. The van der Waals surface area contributed by atoms with Gasteiger partial charge in [0.25, 0.3) is 0 Å². The average Bonchev–Trinajstić information content (AvgIpc) is 3.23. The SMILES string of the molecule is COC(=O)CC[C@@H]1N=C(c2ccccc2F)c2cc(Br)ccc2-n2c(SC3CCN(C)CC3)nnc21. The third-order valence-corrected chi connectivity index (χ3v) is 8.39. The van der Waals surface area contributed by atoms with Gasteiger partial charge in [-0.15, -0.1) is 10.2 Å². The summed E-state index contributed by atoms with van der Waals surface area (Å²) >= 11 is 5.31. The van der Waals surface area contributed by atoms with Gasteiger partial charge < -0.3 is 9.64 Å². The zero-order chi connectivity index (χ0) is 25.2. The first kappa shape index (κ1) is 25.1. The van der Waals surface area contributed by atoms with Crippen LogP contribution < -0.4 is 0 Å². The number of piperidine rings is 1. The van der Waals surface area contributed by atoms with E-state index in [0.717, 1.165) is 46.8 Å². The van der Waals surface area contributed by atoms with Crippen LogP contribution in [0.1, 0.15) is 48.7 Å². The molecule has 1 aromatic heterocycles. The molecular weight excluding hydrogens is 545 g/mol. The summed E-state index contributed by atoms with van der Waals surface area (Å²) in [7, 11) is 3.52. The van der Waals surface area contributed by atoms with E-state index < -0.39 is 6.04 Å².